The Labute approximate surface area is 135 Å². The van der Waals surface area contributed by atoms with Crippen LogP contribution in [0.3, 0.4) is 0 Å². The van der Waals surface area contributed by atoms with Gasteiger partial charge >= 0.3 is 0 Å². The third kappa shape index (κ3) is 5.72. The average molecular weight is 347 g/mol. The summed E-state index contributed by atoms with van der Waals surface area (Å²) >= 11 is 0. The van der Waals surface area contributed by atoms with Crippen LogP contribution in [-0.4, -0.2) is 52.2 Å². The molecule has 0 bridgehead atoms. The zero-order valence-corrected chi connectivity index (χ0v) is 13.6. The number of rotatable bonds is 8. The van der Waals surface area contributed by atoms with E-state index >= 15 is 0 Å². The molecule has 0 aliphatic carbocycles. The Morgan fingerprint density at radius 3 is 2.52 bits per heavy atom. The molecule has 1 aliphatic rings. The number of hydrogen-bond acceptors (Lipinski definition) is 5. The predicted molar refractivity (Wildman–Crippen MR) is 83.3 cm³/mol. The number of ether oxygens (including phenoxy) is 2. The lowest BCUT2D eigenvalue weighted by molar-refractivity contribution is -0.0126. The number of halogens is 1. The molecule has 0 saturated carbocycles. The van der Waals surface area contributed by atoms with Gasteiger partial charge in [0.15, 0.2) is 0 Å². The number of hydrogen-bond donors (Lipinski definition) is 2. The van der Waals surface area contributed by atoms with Gasteiger partial charge in [-0.3, -0.25) is 0 Å². The lowest BCUT2D eigenvalue weighted by Gasteiger charge is -2.35. The van der Waals surface area contributed by atoms with Gasteiger partial charge in [0.2, 0.25) is 10.0 Å². The summed E-state index contributed by atoms with van der Waals surface area (Å²) < 4.78 is 49.8. The molecule has 0 unspecified atom stereocenters. The SMILES string of the molecule is O=S(=O)(CCOc1ccc(F)cc1)NCC1(CO)CCOCC1. The lowest BCUT2D eigenvalue weighted by Crippen LogP contribution is -2.44. The minimum atomic E-state index is -3.51. The van der Waals surface area contributed by atoms with Crippen molar-refractivity contribution in [1.29, 1.82) is 0 Å². The maximum absolute atomic E-state index is 12.8. The van der Waals surface area contributed by atoms with Gasteiger partial charge in [0.25, 0.3) is 0 Å². The third-order valence-corrected chi connectivity index (χ3v) is 5.28. The zero-order valence-electron chi connectivity index (χ0n) is 12.8. The second-order valence-electron chi connectivity index (χ2n) is 5.71. The lowest BCUT2D eigenvalue weighted by atomic mass is 9.81. The van der Waals surface area contributed by atoms with E-state index in [2.05, 4.69) is 4.72 Å². The molecule has 8 heteroatoms. The largest absolute Gasteiger partial charge is 0.492 e. The first-order valence-corrected chi connectivity index (χ1v) is 9.14. The molecule has 6 nitrogen and oxygen atoms in total. The Balaban J connectivity index is 1.78. The fourth-order valence-corrected chi connectivity index (χ4v) is 3.30. The fourth-order valence-electron chi connectivity index (χ4n) is 2.33. The molecule has 0 atom stereocenters. The summed E-state index contributed by atoms with van der Waals surface area (Å²) in [5.74, 6) is -0.169. The van der Waals surface area contributed by atoms with Crippen LogP contribution < -0.4 is 9.46 Å². The number of aliphatic hydroxyl groups is 1. The van der Waals surface area contributed by atoms with Gasteiger partial charge in [-0.05, 0) is 37.1 Å². The quantitative estimate of drug-likeness (QED) is 0.730. The highest BCUT2D eigenvalue weighted by atomic mass is 32.2. The molecule has 1 fully saturated rings. The molecule has 23 heavy (non-hydrogen) atoms. The first-order chi connectivity index (χ1) is 10.9. The van der Waals surface area contributed by atoms with E-state index < -0.39 is 15.4 Å². The highest BCUT2D eigenvalue weighted by Crippen LogP contribution is 2.29. The topological polar surface area (TPSA) is 84.9 Å². The van der Waals surface area contributed by atoms with Crippen LogP contribution in [0.5, 0.6) is 5.75 Å². The molecule has 1 aromatic carbocycles. The predicted octanol–water partition coefficient (Wildman–Crippen LogP) is 0.913. The summed E-state index contributed by atoms with van der Waals surface area (Å²) in [6.45, 7) is 1.12. The number of benzene rings is 1. The number of aliphatic hydroxyl groups excluding tert-OH is 1. The molecule has 0 aromatic heterocycles. The molecule has 130 valence electrons. The van der Waals surface area contributed by atoms with Gasteiger partial charge in [0, 0.05) is 25.2 Å². The molecule has 0 spiro atoms. The van der Waals surface area contributed by atoms with Crippen molar-refractivity contribution >= 4 is 10.0 Å². The second-order valence-corrected chi connectivity index (χ2v) is 7.64. The molecule has 1 aliphatic heterocycles. The van der Waals surface area contributed by atoms with Crippen molar-refractivity contribution in [3.8, 4) is 5.75 Å². The normalized spacial score (nSPS) is 17.8. The minimum Gasteiger partial charge on any atom is -0.492 e. The van der Waals surface area contributed by atoms with Crippen LogP contribution in [0.25, 0.3) is 0 Å². The molecule has 2 N–H and O–H groups in total. The highest BCUT2D eigenvalue weighted by Gasteiger charge is 2.33. The van der Waals surface area contributed by atoms with Crippen molar-refractivity contribution in [2.45, 2.75) is 12.8 Å². The standard InChI is InChI=1S/C15H22FNO5S/c16-13-1-3-14(4-2-13)22-9-10-23(19,20)17-11-15(12-18)5-7-21-8-6-15/h1-4,17-18H,5-12H2. The van der Waals surface area contributed by atoms with Crippen molar-refractivity contribution in [3.05, 3.63) is 30.1 Å². The smallest absolute Gasteiger partial charge is 0.214 e. The molecular weight excluding hydrogens is 325 g/mol. The highest BCUT2D eigenvalue weighted by molar-refractivity contribution is 7.89. The Hall–Kier alpha value is -1.22. The molecule has 1 heterocycles. The maximum atomic E-state index is 12.8. The Morgan fingerprint density at radius 2 is 1.91 bits per heavy atom. The Kier molecular flexibility index (Phi) is 6.34. The van der Waals surface area contributed by atoms with Gasteiger partial charge < -0.3 is 14.6 Å². The van der Waals surface area contributed by atoms with Crippen molar-refractivity contribution in [1.82, 2.24) is 4.72 Å². The molecule has 1 aromatic rings. The summed E-state index contributed by atoms with van der Waals surface area (Å²) in [7, 11) is -3.51. The van der Waals surface area contributed by atoms with E-state index in [1.54, 1.807) is 0 Å². The van der Waals surface area contributed by atoms with Crippen LogP contribution in [0, 0.1) is 11.2 Å². The first-order valence-electron chi connectivity index (χ1n) is 7.49. The molecule has 0 radical (unpaired) electrons. The van der Waals surface area contributed by atoms with Crippen LogP contribution >= 0.6 is 0 Å². The van der Waals surface area contributed by atoms with E-state index in [0.717, 1.165) is 0 Å². The van der Waals surface area contributed by atoms with E-state index in [1.807, 2.05) is 0 Å². The zero-order chi connectivity index (χ0) is 16.8. The molecular formula is C15H22FNO5S. The number of sulfonamides is 1. The van der Waals surface area contributed by atoms with Gasteiger partial charge in [-0.15, -0.1) is 0 Å². The van der Waals surface area contributed by atoms with Crippen LogP contribution in [-0.2, 0) is 14.8 Å². The summed E-state index contributed by atoms with van der Waals surface area (Å²) in [5.41, 5.74) is -0.455. The van der Waals surface area contributed by atoms with Gasteiger partial charge in [0.05, 0.1) is 12.4 Å². The molecule has 2 rings (SSSR count). The van der Waals surface area contributed by atoms with Gasteiger partial charge in [-0.25, -0.2) is 17.5 Å². The van der Waals surface area contributed by atoms with Crippen LogP contribution in [0.15, 0.2) is 24.3 Å². The molecule has 0 amide bonds. The average Bonchev–Trinajstić information content (AvgIpc) is 2.56. The summed E-state index contributed by atoms with van der Waals surface area (Å²) in [4.78, 5) is 0. The first kappa shape index (κ1) is 18.1. The molecule has 1 saturated heterocycles. The monoisotopic (exact) mass is 347 g/mol. The van der Waals surface area contributed by atoms with E-state index in [9.17, 15) is 17.9 Å². The van der Waals surface area contributed by atoms with Gasteiger partial charge in [-0.2, -0.15) is 0 Å². The van der Waals surface area contributed by atoms with Crippen LogP contribution in [0.4, 0.5) is 4.39 Å². The van der Waals surface area contributed by atoms with Crippen molar-refractivity contribution in [3.63, 3.8) is 0 Å². The van der Waals surface area contributed by atoms with Crippen LogP contribution in [0.1, 0.15) is 12.8 Å². The maximum Gasteiger partial charge on any atom is 0.214 e. The fraction of sp³-hybridized carbons (Fsp3) is 0.600. The van der Waals surface area contributed by atoms with Crippen molar-refractivity contribution in [2.24, 2.45) is 5.41 Å². The van der Waals surface area contributed by atoms with Crippen LogP contribution in [0.2, 0.25) is 0 Å². The van der Waals surface area contributed by atoms with E-state index in [4.69, 9.17) is 9.47 Å². The van der Waals surface area contributed by atoms with Gasteiger partial charge in [0.1, 0.15) is 18.2 Å². The van der Waals surface area contributed by atoms with Crippen molar-refractivity contribution < 1.29 is 27.4 Å². The third-order valence-electron chi connectivity index (χ3n) is 3.99. The van der Waals surface area contributed by atoms with Gasteiger partial charge in [-0.1, -0.05) is 0 Å². The summed E-state index contributed by atoms with van der Waals surface area (Å²) in [5, 5.41) is 9.54. The number of nitrogens with one attached hydrogen (secondary N) is 1. The van der Waals surface area contributed by atoms with E-state index in [-0.39, 0.29) is 31.3 Å². The summed E-state index contributed by atoms with van der Waals surface area (Å²) in [6, 6.07) is 5.38. The Bertz CT molecular complexity index is 584. The minimum absolute atomic E-state index is 0.0315. The Morgan fingerprint density at radius 1 is 1.26 bits per heavy atom. The van der Waals surface area contributed by atoms with Crippen molar-refractivity contribution in [2.75, 3.05) is 38.7 Å². The van der Waals surface area contributed by atoms with E-state index in [1.165, 1.54) is 24.3 Å². The second kappa shape index (κ2) is 8.05. The van der Waals surface area contributed by atoms with E-state index in [0.29, 0.717) is 31.8 Å². The summed E-state index contributed by atoms with van der Waals surface area (Å²) in [6.07, 6.45) is 1.25.